The molecule has 2 aliphatic heterocycles. The van der Waals surface area contributed by atoms with Gasteiger partial charge in [-0.1, -0.05) is 18.2 Å². The molecule has 0 spiro atoms. The molecule has 2 N–H and O–H groups in total. The van der Waals surface area contributed by atoms with Gasteiger partial charge in [-0.15, -0.1) is 0 Å². The van der Waals surface area contributed by atoms with Crippen molar-refractivity contribution in [2.45, 2.75) is 30.5 Å². The summed E-state index contributed by atoms with van der Waals surface area (Å²) in [5.41, 5.74) is -1.05. The van der Waals surface area contributed by atoms with E-state index in [0.717, 1.165) is 0 Å². The Morgan fingerprint density at radius 1 is 1.17 bits per heavy atom. The van der Waals surface area contributed by atoms with Crippen LogP contribution >= 0.6 is 0 Å². The quantitative estimate of drug-likeness (QED) is 0.837. The van der Waals surface area contributed by atoms with E-state index in [2.05, 4.69) is 4.90 Å². The van der Waals surface area contributed by atoms with Gasteiger partial charge in [0.05, 0.1) is 18.8 Å². The summed E-state index contributed by atoms with van der Waals surface area (Å²) in [5.74, 6) is -0.283. The molecule has 24 heavy (non-hydrogen) atoms. The highest BCUT2D eigenvalue weighted by molar-refractivity contribution is 5.20. The molecular formula is C18H26FNO4. The van der Waals surface area contributed by atoms with Gasteiger partial charge in [0.1, 0.15) is 11.4 Å². The van der Waals surface area contributed by atoms with Crippen LogP contribution in [0.3, 0.4) is 0 Å². The number of hydrogen-bond acceptors (Lipinski definition) is 5. The molecule has 0 aliphatic carbocycles. The van der Waals surface area contributed by atoms with Crippen LogP contribution in [-0.2, 0) is 15.9 Å². The third-order valence-electron chi connectivity index (χ3n) is 5.03. The predicted octanol–water partition coefficient (Wildman–Crippen LogP) is 0.973. The maximum absolute atomic E-state index is 14.0. The Morgan fingerprint density at radius 2 is 1.92 bits per heavy atom. The van der Waals surface area contributed by atoms with Crippen LogP contribution in [0.25, 0.3) is 0 Å². The van der Waals surface area contributed by atoms with Crippen molar-refractivity contribution in [2.24, 2.45) is 0 Å². The van der Waals surface area contributed by atoms with Crippen LogP contribution in [0.2, 0.25) is 0 Å². The van der Waals surface area contributed by atoms with Crippen molar-refractivity contribution in [3.8, 4) is 0 Å². The minimum atomic E-state index is -0.831. The first-order valence-electron chi connectivity index (χ1n) is 8.55. The van der Waals surface area contributed by atoms with E-state index in [4.69, 9.17) is 9.47 Å². The highest BCUT2D eigenvalue weighted by Crippen LogP contribution is 2.28. The molecule has 2 fully saturated rings. The van der Waals surface area contributed by atoms with E-state index in [1.54, 1.807) is 18.2 Å². The zero-order chi connectivity index (χ0) is 17.0. The molecule has 1 aromatic carbocycles. The second-order valence-electron chi connectivity index (χ2n) is 7.01. The van der Waals surface area contributed by atoms with Crippen molar-refractivity contribution in [3.63, 3.8) is 0 Å². The van der Waals surface area contributed by atoms with Crippen LogP contribution < -0.4 is 0 Å². The lowest BCUT2D eigenvalue weighted by atomic mass is 9.90. The van der Waals surface area contributed by atoms with Crippen molar-refractivity contribution in [1.82, 2.24) is 4.90 Å². The van der Waals surface area contributed by atoms with Crippen molar-refractivity contribution < 1.29 is 24.1 Å². The highest BCUT2D eigenvalue weighted by atomic mass is 19.1. The number of morpholine rings is 1. The highest BCUT2D eigenvalue weighted by Gasteiger charge is 2.40. The van der Waals surface area contributed by atoms with Gasteiger partial charge < -0.3 is 19.7 Å². The summed E-state index contributed by atoms with van der Waals surface area (Å²) in [6.07, 6.45) is 1.54. The fourth-order valence-electron chi connectivity index (χ4n) is 3.63. The van der Waals surface area contributed by atoms with Gasteiger partial charge in [-0.05, 0) is 11.6 Å². The molecule has 0 bridgehead atoms. The summed E-state index contributed by atoms with van der Waals surface area (Å²) < 4.78 is 25.2. The fourth-order valence-corrected chi connectivity index (χ4v) is 3.63. The monoisotopic (exact) mass is 339 g/mol. The lowest BCUT2D eigenvalue weighted by molar-refractivity contribution is -0.152. The molecule has 2 aliphatic rings. The van der Waals surface area contributed by atoms with Crippen LogP contribution in [0.5, 0.6) is 0 Å². The van der Waals surface area contributed by atoms with E-state index >= 15 is 0 Å². The first-order chi connectivity index (χ1) is 11.5. The summed E-state index contributed by atoms with van der Waals surface area (Å²) in [6.45, 7) is 3.12. The Balaban J connectivity index is 1.68. The van der Waals surface area contributed by atoms with Gasteiger partial charge in [-0.3, -0.25) is 4.90 Å². The van der Waals surface area contributed by atoms with Gasteiger partial charge in [-0.2, -0.15) is 0 Å². The number of hydrogen-bond donors (Lipinski definition) is 2. The number of halogens is 1. The summed E-state index contributed by atoms with van der Waals surface area (Å²) in [4.78, 5) is 2.12. The number of benzene rings is 1. The minimum Gasteiger partial charge on any atom is -0.393 e. The average Bonchev–Trinajstić information content (AvgIpc) is 2.57. The summed E-state index contributed by atoms with van der Waals surface area (Å²) in [6, 6.07) is 6.58. The third kappa shape index (κ3) is 4.13. The molecule has 6 heteroatoms. The number of aliphatic hydroxyl groups is 2. The molecule has 1 atom stereocenters. The van der Waals surface area contributed by atoms with Crippen molar-refractivity contribution in [1.29, 1.82) is 0 Å². The SMILES string of the molecule is OC[C@@]1(Cc2ccccc2F)CN(CC2(O)CCOCC2)CCO1. The lowest BCUT2D eigenvalue weighted by Gasteiger charge is -2.45. The zero-order valence-electron chi connectivity index (χ0n) is 13.9. The molecular weight excluding hydrogens is 313 g/mol. The molecule has 0 amide bonds. The summed E-state index contributed by atoms with van der Waals surface area (Å²) >= 11 is 0. The first-order valence-corrected chi connectivity index (χ1v) is 8.55. The first kappa shape index (κ1) is 17.8. The number of rotatable bonds is 5. The van der Waals surface area contributed by atoms with Crippen molar-refractivity contribution >= 4 is 0 Å². The molecule has 2 saturated heterocycles. The standard InChI is InChI=1S/C18H26FNO4/c19-16-4-2-1-3-15(16)11-18(14-21)13-20(7-10-24-18)12-17(22)5-8-23-9-6-17/h1-4,21-22H,5-14H2/t18-/m1/s1. The largest absolute Gasteiger partial charge is 0.393 e. The van der Waals surface area contributed by atoms with Gasteiger partial charge in [0.25, 0.3) is 0 Å². The second kappa shape index (κ2) is 7.45. The maximum atomic E-state index is 14.0. The predicted molar refractivity (Wildman–Crippen MR) is 87.3 cm³/mol. The molecule has 0 saturated carbocycles. The molecule has 1 aromatic rings. The fraction of sp³-hybridized carbons (Fsp3) is 0.667. The molecule has 5 nitrogen and oxygen atoms in total. The molecule has 0 unspecified atom stereocenters. The van der Waals surface area contributed by atoms with Crippen LogP contribution in [0.4, 0.5) is 4.39 Å². The molecule has 2 heterocycles. The Bertz CT molecular complexity index is 550. The van der Waals surface area contributed by atoms with Crippen LogP contribution in [0, 0.1) is 5.82 Å². The van der Waals surface area contributed by atoms with E-state index < -0.39 is 11.2 Å². The summed E-state index contributed by atoms with van der Waals surface area (Å²) in [5, 5.41) is 20.6. The number of nitrogens with zero attached hydrogens (tertiary/aromatic N) is 1. The Hall–Kier alpha value is -1.05. The minimum absolute atomic E-state index is 0.181. The van der Waals surface area contributed by atoms with Gasteiger partial charge in [0.15, 0.2) is 0 Å². The Labute approximate surface area is 142 Å². The van der Waals surface area contributed by atoms with Gasteiger partial charge in [0, 0.05) is 52.1 Å². The lowest BCUT2D eigenvalue weighted by Crippen LogP contribution is -2.59. The maximum Gasteiger partial charge on any atom is 0.126 e. The van der Waals surface area contributed by atoms with E-state index in [-0.39, 0.29) is 12.4 Å². The van der Waals surface area contributed by atoms with E-state index in [1.165, 1.54) is 6.07 Å². The molecule has 134 valence electrons. The Morgan fingerprint density at radius 3 is 2.62 bits per heavy atom. The van der Waals surface area contributed by atoms with Crippen LogP contribution in [-0.4, -0.2) is 72.4 Å². The Kier molecular flexibility index (Phi) is 5.52. The van der Waals surface area contributed by atoms with E-state index in [9.17, 15) is 14.6 Å². The van der Waals surface area contributed by atoms with Gasteiger partial charge >= 0.3 is 0 Å². The zero-order valence-corrected chi connectivity index (χ0v) is 13.9. The van der Waals surface area contributed by atoms with Gasteiger partial charge in [-0.25, -0.2) is 4.39 Å². The normalized spacial score (nSPS) is 28.0. The second-order valence-corrected chi connectivity index (χ2v) is 7.01. The van der Waals surface area contributed by atoms with E-state index in [1.807, 2.05) is 0 Å². The van der Waals surface area contributed by atoms with Gasteiger partial charge in [0.2, 0.25) is 0 Å². The van der Waals surface area contributed by atoms with E-state index in [0.29, 0.717) is 64.3 Å². The molecule has 0 aromatic heterocycles. The van der Waals surface area contributed by atoms with Crippen molar-refractivity contribution in [2.75, 3.05) is 46.1 Å². The topological polar surface area (TPSA) is 62.2 Å². The smallest absolute Gasteiger partial charge is 0.126 e. The number of β-amino-alcohol motifs (C(OH)–C–C–N with tert-alkyl or cyclic N) is 1. The molecule has 0 radical (unpaired) electrons. The van der Waals surface area contributed by atoms with Crippen LogP contribution in [0.15, 0.2) is 24.3 Å². The number of ether oxygens (including phenoxy) is 2. The third-order valence-corrected chi connectivity index (χ3v) is 5.03. The molecule has 3 rings (SSSR count). The number of aliphatic hydroxyl groups excluding tert-OH is 1. The van der Waals surface area contributed by atoms with Crippen LogP contribution in [0.1, 0.15) is 18.4 Å². The average molecular weight is 339 g/mol. The summed E-state index contributed by atoms with van der Waals surface area (Å²) in [7, 11) is 0. The van der Waals surface area contributed by atoms with Crippen molar-refractivity contribution in [3.05, 3.63) is 35.6 Å².